The number of anilines is 1. The first-order chi connectivity index (χ1) is 13.0. The van der Waals surface area contributed by atoms with Gasteiger partial charge in [0.05, 0.1) is 25.1 Å². The Bertz CT molecular complexity index is 953. The predicted octanol–water partition coefficient (Wildman–Crippen LogP) is 3.26. The highest BCUT2D eigenvalue weighted by Gasteiger charge is 2.22. The smallest absolute Gasteiger partial charge is 0.241 e. The molecule has 0 aliphatic rings. The van der Waals surface area contributed by atoms with Crippen LogP contribution in [0.4, 0.5) is 5.69 Å². The molecule has 0 aromatic heterocycles. The highest BCUT2D eigenvalue weighted by Crippen LogP contribution is 2.23. The quantitative estimate of drug-likeness (QED) is 0.769. The lowest BCUT2D eigenvalue weighted by Crippen LogP contribution is -2.41. The van der Waals surface area contributed by atoms with Crippen molar-refractivity contribution in [1.82, 2.24) is 5.32 Å². The Morgan fingerprint density at radius 3 is 2.18 bits per heavy atom. The number of ether oxygens (including phenoxy) is 1. The lowest BCUT2D eigenvalue weighted by atomic mass is 9.96. The lowest BCUT2D eigenvalue weighted by Gasteiger charge is -2.24. The van der Waals surface area contributed by atoms with Gasteiger partial charge >= 0.3 is 0 Å². The van der Waals surface area contributed by atoms with Crippen molar-refractivity contribution in [3.63, 3.8) is 0 Å². The second kappa shape index (κ2) is 8.65. The van der Waals surface area contributed by atoms with E-state index in [-0.39, 0.29) is 18.5 Å². The standard InChI is InChI=1S/C21H28N2O4S/c1-14-11-16(3)20(12-15(14)2)17(4)22-21(24)13-23(28(6,25)26)18-7-9-19(27-5)10-8-18/h7-12,17H,13H2,1-6H3,(H,22,24). The minimum atomic E-state index is -3.62. The summed E-state index contributed by atoms with van der Waals surface area (Å²) in [5.41, 5.74) is 4.87. The van der Waals surface area contributed by atoms with Crippen molar-refractivity contribution in [2.45, 2.75) is 33.7 Å². The molecule has 28 heavy (non-hydrogen) atoms. The van der Waals surface area contributed by atoms with E-state index < -0.39 is 10.0 Å². The normalized spacial score (nSPS) is 12.4. The van der Waals surface area contributed by atoms with Crippen LogP contribution in [0, 0.1) is 20.8 Å². The summed E-state index contributed by atoms with van der Waals surface area (Å²) in [6, 6.07) is 10.5. The van der Waals surface area contributed by atoms with E-state index in [1.807, 2.05) is 27.7 Å². The minimum Gasteiger partial charge on any atom is -0.497 e. The van der Waals surface area contributed by atoms with Gasteiger partial charge < -0.3 is 10.1 Å². The number of carbonyl (C=O) groups is 1. The summed E-state index contributed by atoms with van der Waals surface area (Å²) in [5.74, 6) is 0.242. The highest BCUT2D eigenvalue weighted by atomic mass is 32.2. The van der Waals surface area contributed by atoms with Gasteiger partial charge in [-0.2, -0.15) is 0 Å². The molecule has 0 fully saturated rings. The fraction of sp³-hybridized carbons (Fsp3) is 0.381. The van der Waals surface area contributed by atoms with Gasteiger partial charge in [0.15, 0.2) is 0 Å². The van der Waals surface area contributed by atoms with Gasteiger partial charge in [0.25, 0.3) is 0 Å². The Kier molecular flexibility index (Phi) is 6.72. The zero-order chi connectivity index (χ0) is 21.1. The average Bonchev–Trinajstić information content (AvgIpc) is 2.62. The third-order valence-corrected chi connectivity index (χ3v) is 5.91. The Labute approximate surface area is 167 Å². The van der Waals surface area contributed by atoms with E-state index in [2.05, 4.69) is 17.4 Å². The van der Waals surface area contributed by atoms with E-state index in [1.54, 1.807) is 24.3 Å². The van der Waals surface area contributed by atoms with Gasteiger partial charge in [-0.3, -0.25) is 9.10 Å². The topological polar surface area (TPSA) is 75.7 Å². The summed E-state index contributed by atoms with van der Waals surface area (Å²) in [5, 5.41) is 2.91. The first-order valence-electron chi connectivity index (χ1n) is 9.01. The van der Waals surface area contributed by atoms with Crippen molar-refractivity contribution in [2.24, 2.45) is 0 Å². The van der Waals surface area contributed by atoms with E-state index in [4.69, 9.17) is 4.74 Å². The number of amides is 1. The summed E-state index contributed by atoms with van der Waals surface area (Å²) in [6.45, 7) is 7.69. The van der Waals surface area contributed by atoms with Crippen LogP contribution in [-0.4, -0.2) is 34.2 Å². The maximum atomic E-state index is 12.6. The second-order valence-electron chi connectivity index (χ2n) is 7.05. The molecule has 2 aromatic rings. The molecular weight excluding hydrogens is 376 g/mol. The van der Waals surface area contributed by atoms with Crippen LogP contribution in [0.3, 0.4) is 0 Å². The summed E-state index contributed by atoms with van der Waals surface area (Å²) >= 11 is 0. The molecule has 0 heterocycles. The molecule has 0 spiro atoms. The van der Waals surface area contributed by atoms with Gasteiger partial charge in [0.2, 0.25) is 15.9 Å². The van der Waals surface area contributed by atoms with Crippen molar-refractivity contribution in [2.75, 3.05) is 24.2 Å². The lowest BCUT2D eigenvalue weighted by molar-refractivity contribution is -0.120. The number of hydrogen-bond acceptors (Lipinski definition) is 4. The molecule has 6 nitrogen and oxygen atoms in total. The van der Waals surface area contributed by atoms with E-state index in [0.717, 1.165) is 27.3 Å². The zero-order valence-electron chi connectivity index (χ0n) is 17.2. The molecule has 1 atom stereocenters. The minimum absolute atomic E-state index is 0.232. The first-order valence-corrected chi connectivity index (χ1v) is 10.9. The number of sulfonamides is 1. The highest BCUT2D eigenvalue weighted by molar-refractivity contribution is 7.92. The molecule has 0 saturated carbocycles. The van der Waals surface area contributed by atoms with Crippen molar-refractivity contribution in [1.29, 1.82) is 0 Å². The van der Waals surface area contributed by atoms with Crippen LogP contribution in [0.1, 0.15) is 35.2 Å². The molecule has 7 heteroatoms. The van der Waals surface area contributed by atoms with Gasteiger partial charge in [-0.05, 0) is 74.2 Å². The Morgan fingerprint density at radius 1 is 1.07 bits per heavy atom. The molecule has 1 amide bonds. The zero-order valence-corrected chi connectivity index (χ0v) is 18.1. The molecule has 0 aliphatic carbocycles. The van der Waals surface area contributed by atoms with Gasteiger partial charge in [-0.15, -0.1) is 0 Å². The maximum absolute atomic E-state index is 12.6. The number of nitrogens with zero attached hydrogens (tertiary/aromatic N) is 1. The number of aryl methyl sites for hydroxylation is 3. The van der Waals surface area contributed by atoms with E-state index in [9.17, 15) is 13.2 Å². The number of hydrogen-bond donors (Lipinski definition) is 1. The van der Waals surface area contributed by atoms with Gasteiger partial charge in [0.1, 0.15) is 12.3 Å². The molecule has 2 aromatic carbocycles. The molecule has 0 bridgehead atoms. The molecule has 2 rings (SSSR count). The van der Waals surface area contributed by atoms with Crippen LogP contribution >= 0.6 is 0 Å². The van der Waals surface area contributed by atoms with Gasteiger partial charge in [-0.1, -0.05) is 12.1 Å². The van der Waals surface area contributed by atoms with Crippen molar-refractivity contribution >= 4 is 21.6 Å². The fourth-order valence-corrected chi connectivity index (χ4v) is 3.95. The van der Waals surface area contributed by atoms with Crippen LogP contribution in [-0.2, 0) is 14.8 Å². The van der Waals surface area contributed by atoms with E-state index in [0.29, 0.717) is 11.4 Å². The number of carbonyl (C=O) groups excluding carboxylic acids is 1. The number of nitrogens with one attached hydrogen (secondary N) is 1. The van der Waals surface area contributed by atoms with Crippen LogP contribution in [0.2, 0.25) is 0 Å². The molecular formula is C21H28N2O4S. The fourth-order valence-electron chi connectivity index (χ4n) is 3.09. The van der Waals surface area contributed by atoms with Crippen LogP contribution in [0.15, 0.2) is 36.4 Å². The largest absolute Gasteiger partial charge is 0.497 e. The molecule has 1 unspecified atom stereocenters. The van der Waals surface area contributed by atoms with Crippen LogP contribution < -0.4 is 14.4 Å². The monoisotopic (exact) mass is 404 g/mol. The Hall–Kier alpha value is -2.54. The Morgan fingerprint density at radius 2 is 1.64 bits per heavy atom. The number of methoxy groups -OCH3 is 1. The third-order valence-electron chi connectivity index (χ3n) is 4.77. The van der Waals surface area contributed by atoms with Gasteiger partial charge in [-0.25, -0.2) is 8.42 Å². The summed E-state index contributed by atoms with van der Waals surface area (Å²) in [4.78, 5) is 12.6. The maximum Gasteiger partial charge on any atom is 0.241 e. The number of rotatable bonds is 7. The van der Waals surface area contributed by atoms with Crippen LogP contribution in [0.5, 0.6) is 5.75 Å². The molecule has 0 radical (unpaired) electrons. The average molecular weight is 405 g/mol. The molecule has 1 N–H and O–H groups in total. The molecule has 0 saturated heterocycles. The third kappa shape index (κ3) is 5.25. The van der Waals surface area contributed by atoms with Crippen molar-refractivity contribution in [3.05, 3.63) is 58.7 Å². The van der Waals surface area contributed by atoms with Gasteiger partial charge in [0, 0.05) is 0 Å². The summed E-state index contributed by atoms with van der Waals surface area (Å²) in [7, 11) is -2.09. The summed E-state index contributed by atoms with van der Waals surface area (Å²) in [6.07, 6.45) is 1.08. The first kappa shape index (κ1) is 21.8. The molecule has 152 valence electrons. The van der Waals surface area contributed by atoms with Crippen LogP contribution in [0.25, 0.3) is 0 Å². The van der Waals surface area contributed by atoms with E-state index in [1.165, 1.54) is 12.7 Å². The molecule has 0 aliphatic heterocycles. The summed E-state index contributed by atoms with van der Waals surface area (Å²) < 4.78 is 30.6. The predicted molar refractivity (Wildman–Crippen MR) is 112 cm³/mol. The number of benzene rings is 2. The van der Waals surface area contributed by atoms with Crippen molar-refractivity contribution < 1.29 is 17.9 Å². The van der Waals surface area contributed by atoms with Crippen molar-refractivity contribution in [3.8, 4) is 5.75 Å². The second-order valence-corrected chi connectivity index (χ2v) is 8.96. The Balaban J connectivity index is 2.18. The SMILES string of the molecule is COc1ccc(N(CC(=O)NC(C)c2cc(C)c(C)cc2C)S(C)(=O)=O)cc1. The van der Waals surface area contributed by atoms with E-state index >= 15 is 0 Å².